The molecule has 0 aliphatic heterocycles. The van der Waals surface area contributed by atoms with Crippen LogP contribution < -0.4 is 11.1 Å². The van der Waals surface area contributed by atoms with Crippen molar-refractivity contribution in [3.05, 3.63) is 30.5 Å². The lowest BCUT2D eigenvalue weighted by Gasteiger charge is -2.11. The number of benzene rings is 1. The van der Waals surface area contributed by atoms with Crippen molar-refractivity contribution in [2.75, 3.05) is 24.2 Å². The van der Waals surface area contributed by atoms with Crippen LogP contribution in [0.25, 0.3) is 10.9 Å². The zero-order valence-corrected chi connectivity index (χ0v) is 8.98. The fraction of sp³-hybridized carbons (Fsp3) is 0.250. The van der Waals surface area contributed by atoms with Gasteiger partial charge in [-0.3, -0.25) is 4.98 Å². The van der Waals surface area contributed by atoms with Crippen molar-refractivity contribution in [2.45, 2.75) is 6.42 Å². The number of aliphatic hydroxyl groups excluding tert-OH is 1. The molecule has 0 saturated carbocycles. The molecule has 4 heteroatoms. The van der Waals surface area contributed by atoms with Crippen LogP contribution in [0, 0.1) is 0 Å². The number of anilines is 2. The van der Waals surface area contributed by atoms with Crippen molar-refractivity contribution < 1.29 is 5.11 Å². The molecule has 0 saturated heterocycles. The number of aliphatic hydroxyl groups is 1. The molecule has 0 aliphatic carbocycles. The van der Waals surface area contributed by atoms with Crippen molar-refractivity contribution in [3.63, 3.8) is 0 Å². The van der Waals surface area contributed by atoms with Gasteiger partial charge in [-0.2, -0.15) is 0 Å². The predicted molar refractivity (Wildman–Crippen MR) is 66.3 cm³/mol. The van der Waals surface area contributed by atoms with E-state index in [0.29, 0.717) is 18.7 Å². The van der Waals surface area contributed by atoms with Gasteiger partial charge in [-0.05, 0) is 12.5 Å². The minimum absolute atomic E-state index is 0.177. The molecule has 16 heavy (non-hydrogen) atoms. The van der Waals surface area contributed by atoms with E-state index in [1.54, 1.807) is 6.20 Å². The smallest absolute Gasteiger partial charge is 0.0743 e. The monoisotopic (exact) mass is 217 g/mol. The summed E-state index contributed by atoms with van der Waals surface area (Å²) in [6.07, 6.45) is 2.36. The highest BCUT2D eigenvalue weighted by Crippen LogP contribution is 2.27. The van der Waals surface area contributed by atoms with Crippen molar-refractivity contribution in [1.29, 1.82) is 0 Å². The van der Waals surface area contributed by atoms with Crippen molar-refractivity contribution in [1.82, 2.24) is 4.98 Å². The average Bonchev–Trinajstić information content (AvgIpc) is 2.32. The molecule has 4 nitrogen and oxygen atoms in total. The van der Waals surface area contributed by atoms with Crippen LogP contribution in [0.2, 0.25) is 0 Å². The molecule has 0 bridgehead atoms. The zero-order chi connectivity index (χ0) is 11.4. The van der Waals surface area contributed by atoms with Crippen LogP contribution in [-0.4, -0.2) is 23.2 Å². The average molecular weight is 217 g/mol. The molecular formula is C12H15N3O. The Kier molecular flexibility index (Phi) is 3.22. The number of hydrogen-bond donors (Lipinski definition) is 3. The lowest BCUT2D eigenvalue weighted by atomic mass is 10.1. The first-order valence-electron chi connectivity index (χ1n) is 5.31. The summed E-state index contributed by atoms with van der Waals surface area (Å²) in [6.45, 7) is 0.880. The molecule has 0 unspecified atom stereocenters. The third-order valence-electron chi connectivity index (χ3n) is 2.44. The van der Waals surface area contributed by atoms with Crippen LogP contribution in [0.15, 0.2) is 30.5 Å². The number of fused-ring (bicyclic) bond motifs is 1. The second kappa shape index (κ2) is 4.81. The third kappa shape index (κ3) is 2.06. The summed E-state index contributed by atoms with van der Waals surface area (Å²) in [7, 11) is 0. The van der Waals surface area contributed by atoms with Crippen molar-refractivity contribution >= 4 is 22.3 Å². The number of nitrogen functional groups attached to an aromatic ring is 1. The maximum Gasteiger partial charge on any atom is 0.0743 e. The first-order valence-corrected chi connectivity index (χ1v) is 5.31. The molecule has 84 valence electrons. The molecule has 2 rings (SSSR count). The fourth-order valence-electron chi connectivity index (χ4n) is 1.65. The second-order valence-electron chi connectivity index (χ2n) is 3.61. The molecule has 4 N–H and O–H groups in total. The van der Waals surface area contributed by atoms with E-state index in [-0.39, 0.29) is 6.61 Å². The molecule has 0 fully saturated rings. The van der Waals surface area contributed by atoms with Gasteiger partial charge < -0.3 is 16.2 Å². The van der Waals surface area contributed by atoms with Crippen LogP contribution in [0.4, 0.5) is 11.4 Å². The summed E-state index contributed by atoms with van der Waals surface area (Å²) < 4.78 is 0. The third-order valence-corrected chi connectivity index (χ3v) is 2.44. The standard InChI is InChI=1S/C12H15N3O/c13-10-8-15-11-5-2-1-4-9(11)12(10)14-6-3-7-16/h1-2,4-5,8,16H,3,6-7,13H2,(H,14,15). The highest BCUT2D eigenvalue weighted by Gasteiger charge is 2.04. The molecular weight excluding hydrogens is 202 g/mol. The molecule has 0 radical (unpaired) electrons. The molecule has 0 spiro atoms. The highest BCUT2D eigenvalue weighted by molar-refractivity contribution is 5.96. The summed E-state index contributed by atoms with van der Waals surface area (Å²) in [5.74, 6) is 0. The largest absolute Gasteiger partial charge is 0.396 e. The zero-order valence-electron chi connectivity index (χ0n) is 8.98. The van der Waals surface area contributed by atoms with Crippen molar-refractivity contribution in [2.24, 2.45) is 0 Å². The van der Waals surface area contributed by atoms with Gasteiger partial charge in [0, 0.05) is 18.5 Å². The Labute approximate surface area is 94.1 Å². The Bertz CT molecular complexity index is 485. The highest BCUT2D eigenvalue weighted by atomic mass is 16.3. The Balaban J connectivity index is 2.37. The second-order valence-corrected chi connectivity index (χ2v) is 3.61. The van der Waals surface area contributed by atoms with Gasteiger partial charge in [0.15, 0.2) is 0 Å². The lowest BCUT2D eigenvalue weighted by molar-refractivity contribution is 0.292. The van der Waals surface area contributed by atoms with Gasteiger partial charge in [0.1, 0.15) is 0 Å². The summed E-state index contributed by atoms with van der Waals surface area (Å²) in [5.41, 5.74) is 8.34. The number of nitrogens with one attached hydrogen (secondary N) is 1. The van der Waals surface area contributed by atoms with E-state index in [1.807, 2.05) is 24.3 Å². The number of para-hydroxylation sites is 1. The van der Waals surface area contributed by atoms with Crippen molar-refractivity contribution in [3.8, 4) is 0 Å². The van der Waals surface area contributed by atoms with E-state index in [2.05, 4.69) is 10.3 Å². The maximum absolute atomic E-state index is 8.74. The number of aromatic nitrogens is 1. The van der Waals surface area contributed by atoms with Gasteiger partial charge >= 0.3 is 0 Å². The topological polar surface area (TPSA) is 71.2 Å². The van der Waals surface area contributed by atoms with Crippen LogP contribution in [0.1, 0.15) is 6.42 Å². The van der Waals surface area contributed by atoms with Gasteiger partial charge in [0.2, 0.25) is 0 Å². The summed E-state index contributed by atoms with van der Waals surface area (Å²) >= 11 is 0. The van der Waals surface area contributed by atoms with E-state index in [0.717, 1.165) is 16.6 Å². The minimum Gasteiger partial charge on any atom is -0.396 e. The Morgan fingerprint density at radius 3 is 2.94 bits per heavy atom. The van der Waals surface area contributed by atoms with E-state index in [9.17, 15) is 0 Å². The number of hydrogen-bond acceptors (Lipinski definition) is 4. The quantitative estimate of drug-likeness (QED) is 0.680. The van der Waals surface area contributed by atoms with E-state index in [1.165, 1.54) is 0 Å². The summed E-state index contributed by atoms with van der Waals surface area (Å²) in [6, 6.07) is 7.84. The molecule has 0 atom stereocenters. The fourth-order valence-corrected chi connectivity index (χ4v) is 1.65. The first-order chi connectivity index (χ1) is 7.83. The maximum atomic E-state index is 8.74. The van der Waals surface area contributed by atoms with Gasteiger partial charge in [-0.25, -0.2) is 0 Å². The van der Waals surface area contributed by atoms with Gasteiger partial charge in [-0.15, -0.1) is 0 Å². The SMILES string of the molecule is Nc1cnc2ccccc2c1NCCCO. The van der Waals surface area contributed by atoms with Crippen LogP contribution in [0.5, 0.6) is 0 Å². The normalized spacial score (nSPS) is 10.6. The van der Waals surface area contributed by atoms with Crippen LogP contribution in [-0.2, 0) is 0 Å². The molecule has 2 aromatic rings. The van der Waals surface area contributed by atoms with E-state index in [4.69, 9.17) is 10.8 Å². The Morgan fingerprint density at radius 2 is 2.12 bits per heavy atom. The number of rotatable bonds is 4. The van der Waals surface area contributed by atoms with Crippen LogP contribution in [0.3, 0.4) is 0 Å². The van der Waals surface area contributed by atoms with E-state index < -0.39 is 0 Å². The Hall–Kier alpha value is -1.81. The number of pyridine rings is 1. The predicted octanol–water partition coefficient (Wildman–Crippen LogP) is 1.61. The molecule has 0 amide bonds. The lowest BCUT2D eigenvalue weighted by Crippen LogP contribution is -2.06. The molecule has 0 aliphatic rings. The van der Waals surface area contributed by atoms with E-state index >= 15 is 0 Å². The minimum atomic E-state index is 0.177. The van der Waals surface area contributed by atoms with Gasteiger partial charge in [0.25, 0.3) is 0 Å². The van der Waals surface area contributed by atoms with Crippen LogP contribution >= 0.6 is 0 Å². The number of nitrogens with two attached hydrogens (primary N) is 1. The summed E-state index contributed by atoms with van der Waals surface area (Å²) in [4.78, 5) is 4.26. The first kappa shape index (κ1) is 10.7. The van der Waals surface area contributed by atoms with Gasteiger partial charge in [0.05, 0.1) is 23.1 Å². The number of nitrogens with zero attached hydrogens (tertiary/aromatic N) is 1. The molecule has 1 aromatic carbocycles. The molecule has 1 heterocycles. The Morgan fingerprint density at radius 1 is 1.31 bits per heavy atom. The molecule has 1 aromatic heterocycles. The van der Waals surface area contributed by atoms with Gasteiger partial charge in [-0.1, -0.05) is 18.2 Å². The summed E-state index contributed by atoms with van der Waals surface area (Å²) in [5, 5.41) is 13.0.